The highest BCUT2D eigenvalue weighted by Gasteiger charge is 2.26. The number of hydrogen-bond donors (Lipinski definition) is 0. The average Bonchev–Trinajstić information content (AvgIpc) is 2.83. The van der Waals surface area contributed by atoms with Crippen molar-refractivity contribution in [3.63, 3.8) is 0 Å². The summed E-state index contributed by atoms with van der Waals surface area (Å²) in [7, 11) is 1.62. The summed E-state index contributed by atoms with van der Waals surface area (Å²) >= 11 is 0. The molecule has 3 heterocycles. The van der Waals surface area contributed by atoms with E-state index in [1.165, 1.54) is 0 Å². The minimum Gasteiger partial charge on any atom is -0.497 e. The Hall–Kier alpha value is -4.12. The fourth-order valence-corrected chi connectivity index (χ4v) is 4.33. The van der Waals surface area contributed by atoms with E-state index in [-0.39, 0.29) is 0 Å². The van der Waals surface area contributed by atoms with Gasteiger partial charge in [-0.25, -0.2) is 9.78 Å². The first kappa shape index (κ1) is 17.7. The molecular formula is C26H17NO4. The van der Waals surface area contributed by atoms with Crippen molar-refractivity contribution in [3.8, 4) is 33.9 Å². The highest BCUT2D eigenvalue weighted by Crippen LogP contribution is 2.44. The zero-order chi connectivity index (χ0) is 20.9. The van der Waals surface area contributed by atoms with Crippen LogP contribution in [0.25, 0.3) is 44.3 Å². The molecule has 0 saturated carbocycles. The highest BCUT2D eigenvalue weighted by molar-refractivity contribution is 6.13. The molecule has 2 aromatic heterocycles. The van der Waals surface area contributed by atoms with E-state index in [9.17, 15) is 4.79 Å². The van der Waals surface area contributed by atoms with E-state index in [2.05, 4.69) is 0 Å². The molecule has 0 radical (unpaired) electrons. The molecule has 150 valence electrons. The SMILES string of the molecule is COc1ccc2oc(=O)c3nc4c(c(-c5ccccc5)c3c2c1)COc1ccccc1-4. The van der Waals surface area contributed by atoms with Crippen LogP contribution in [0.5, 0.6) is 11.5 Å². The monoisotopic (exact) mass is 407 g/mol. The predicted octanol–water partition coefficient (Wildman–Crippen LogP) is 5.58. The first-order valence-electron chi connectivity index (χ1n) is 9.99. The van der Waals surface area contributed by atoms with Crippen molar-refractivity contribution in [2.45, 2.75) is 6.61 Å². The summed E-state index contributed by atoms with van der Waals surface area (Å²) in [4.78, 5) is 17.9. The van der Waals surface area contributed by atoms with Gasteiger partial charge in [0.2, 0.25) is 0 Å². The Morgan fingerprint density at radius 2 is 1.77 bits per heavy atom. The molecule has 0 N–H and O–H groups in total. The minimum atomic E-state index is -0.461. The van der Waals surface area contributed by atoms with Gasteiger partial charge in [-0.15, -0.1) is 0 Å². The maximum Gasteiger partial charge on any atom is 0.363 e. The molecule has 0 saturated heterocycles. The molecule has 31 heavy (non-hydrogen) atoms. The number of rotatable bonds is 2. The van der Waals surface area contributed by atoms with E-state index in [4.69, 9.17) is 18.9 Å². The molecule has 1 aliphatic rings. The molecule has 5 nitrogen and oxygen atoms in total. The third kappa shape index (κ3) is 2.63. The molecule has 0 unspecified atom stereocenters. The third-order valence-electron chi connectivity index (χ3n) is 5.73. The van der Waals surface area contributed by atoms with Crippen molar-refractivity contribution in [2.75, 3.05) is 7.11 Å². The normalized spacial score (nSPS) is 12.3. The van der Waals surface area contributed by atoms with Gasteiger partial charge < -0.3 is 13.9 Å². The molecular weight excluding hydrogens is 390 g/mol. The van der Waals surface area contributed by atoms with Gasteiger partial charge in [-0.05, 0) is 35.9 Å². The van der Waals surface area contributed by atoms with Crippen LogP contribution >= 0.6 is 0 Å². The first-order valence-corrected chi connectivity index (χ1v) is 9.99. The lowest BCUT2D eigenvalue weighted by Crippen LogP contribution is -2.13. The zero-order valence-electron chi connectivity index (χ0n) is 16.7. The number of fused-ring (bicyclic) bond motifs is 6. The van der Waals surface area contributed by atoms with Crippen LogP contribution in [0.2, 0.25) is 0 Å². The summed E-state index contributed by atoms with van der Waals surface area (Å²) in [5.41, 5.74) is 4.83. The fraction of sp³-hybridized carbons (Fsp3) is 0.0769. The molecule has 3 aromatic carbocycles. The standard InChI is InChI=1S/C26H17NO4/c1-29-16-11-12-21-18(13-16)23-22(15-7-3-2-4-8-15)19-14-30-20-10-6-5-9-17(20)24(19)27-25(23)26(28)31-21/h2-13H,14H2,1H3. The van der Waals surface area contributed by atoms with E-state index in [1.807, 2.05) is 60.7 Å². The Kier molecular flexibility index (Phi) is 3.83. The van der Waals surface area contributed by atoms with E-state index in [0.29, 0.717) is 23.5 Å². The van der Waals surface area contributed by atoms with E-state index >= 15 is 0 Å². The molecule has 1 aliphatic heterocycles. The molecule has 5 heteroatoms. The molecule has 5 aromatic rings. The van der Waals surface area contributed by atoms with Gasteiger partial charge in [0.05, 0.1) is 12.8 Å². The number of aromatic nitrogens is 1. The number of methoxy groups -OCH3 is 1. The predicted molar refractivity (Wildman–Crippen MR) is 120 cm³/mol. The number of benzene rings is 3. The molecule has 0 fully saturated rings. The molecule has 0 spiro atoms. The van der Waals surface area contributed by atoms with Crippen LogP contribution in [0.3, 0.4) is 0 Å². The van der Waals surface area contributed by atoms with Crippen molar-refractivity contribution in [1.82, 2.24) is 4.98 Å². The first-order chi connectivity index (χ1) is 15.2. The number of nitrogens with zero attached hydrogens (tertiary/aromatic N) is 1. The van der Waals surface area contributed by atoms with Gasteiger partial charge in [-0.2, -0.15) is 0 Å². The Labute approximate surface area is 177 Å². The second-order valence-electron chi connectivity index (χ2n) is 7.44. The van der Waals surface area contributed by atoms with Crippen molar-refractivity contribution in [3.05, 3.63) is 88.8 Å². The van der Waals surface area contributed by atoms with Crippen molar-refractivity contribution < 1.29 is 13.9 Å². The van der Waals surface area contributed by atoms with Crippen molar-refractivity contribution in [2.24, 2.45) is 0 Å². The maximum absolute atomic E-state index is 13.0. The van der Waals surface area contributed by atoms with Gasteiger partial charge in [0, 0.05) is 27.5 Å². The minimum absolute atomic E-state index is 0.301. The van der Waals surface area contributed by atoms with Gasteiger partial charge >= 0.3 is 5.63 Å². The molecule has 0 atom stereocenters. The number of ether oxygens (including phenoxy) is 2. The summed E-state index contributed by atoms with van der Waals surface area (Å²) in [5.74, 6) is 1.44. The Bertz CT molecular complexity index is 1540. The fourth-order valence-electron chi connectivity index (χ4n) is 4.33. The summed E-state index contributed by atoms with van der Waals surface area (Å²) in [6.45, 7) is 0.366. The average molecular weight is 407 g/mol. The largest absolute Gasteiger partial charge is 0.497 e. The molecule has 0 bridgehead atoms. The number of hydrogen-bond acceptors (Lipinski definition) is 5. The van der Waals surface area contributed by atoms with Crippen molar-refractivity contribution in [1.29, 1.82) is 0 Å². The van der Waals surface area contributed by atoms with E-state index in [1.54, 1.807) is 19.2 Å². The Balaban J connectivity index is 1.86. The molecule has 0 amide bonds. The third-order valence-corrected chi connectivity index (χ3v) is 5.73. The van der Waals surface area contributed by atoms with Crippen LogP contribution in [0.15, 0.2) is 82.0 Å². The number of para-hydroxylation sites is 1. The quantitative estimate of drug-likeness (QED) is 0.283. The second kappa shape index (κ2) is 6.71. The molecule has 0 aliphatic carbocycles. The van der Waals surface area contributed by atoms with Gasteiger partial charge in [0.15, 0.2) is 5.52 Å². The molecule has 6 rings (SSSR count). The van der Waals surface area contributed by atoms with Gasteiger partial charge in [0.25, 0.3) is 0 Å². The van der Waals surface area contributed by atoms with Crippen LogP contribution in [0.1, 0.15) is 5.56 Å². The lowest BCUT2D eigenvalue weighted by atomic mass is 9.90. The maximum atomic E-state index is 13.0. The topological polar surface area (TPSA) is 61.6 Å². The van der Waals surface area contributed by atoms with Gasteiger partial charge in [-0.3, -0.25) is 0 Å². The summed E-state index contributed by atoms with van der Waals surface area (Å²) in [5, 5.41) is 1.53. The van der Waals surface area contributed by atoms with Gasteiger partial charge in [-0.1, -0.05) is 42.5 Å². The Morgan fingerprint density at radius 1 is 0.968 bits per heavy atom. The van der Waals surface area contributed by atoms with Crippen LogP contribution in [0, 0.1) is 0 Å². The summed E-state index contributed by atoms with van der Waals surface area (Å²) < 4.78 is 17.2. The smallest absolute Gasteiger partial charge is 0.363 e. The van der Waals surface area contributed by atoms with Crippen LogP contribution < -0.4 is 15.1 Å². The van der Waals surface area contributed by atoms with Crippen LogP contribution in [0.4, 0.5) is 0 Å². The van der Waals surface area contributed by atoms with E-state index in [0.717, 1.165) is 44.5 Å². The summed E-state index contributed by atoms with van der Waals surface area (Å²) in [6.07, 6.45) is 0. The second-order valence-corrected chi connectivity index (χ2v) is 7.44. The summed E-state index contributed by atoms with van der Waals surface area (Å²) in [6, 6.07) is 23.2. The van der Waals surface area contributed by atoms with Crippen LogP contribution in [-0.2, 0) is 6.61 Å². The number of pyridine rings is 1. The zero-order valence-corrected chi connectivity index (χ0v) is 16.7. The lowest BCUT2D eigenvalue weighted by Gasteiger charge is -2.24. The Morgan fingerprint density at radius 3 is 2.61 bits per heavy atom. The van der Waals surface area contributed by atoms with Crippen LogP contribution in [-0.4, -0.2) is 12.1 Å². The van der Waals surface area contributed by atoms with E-state index < -0.39 is 5.63 Å². The lowest BCUT2D eigenvalue weighted by molar-refractivity contribution is 0.302. The van der Waals surface area contributed by atoms with Gasteiger partial charge in [0.1, 0.15) is 23.7 Å². The highest BCUT2D eigenvalue weighted by atomic mass is 16.5. The van der Waals surface area contributed by atoms with Crippen molar-refractivity contribution >= 4 is 21.9 Å².